The summed E-state index contributed by atoms with van der Waals surface area (Å²) >= 11 is 0. The van der Waals surface area contributed by atoms with Gasteiger partial charge in [0.15, 0.2) is 0 Å². The number of benzene rings is 1. The Morgan fingerprint density at radius 3 is 3.00 bits per heavy atom. The fraction of sp³-hybridized carbons (Fsp3) is 0.667. The van der Waals surface area contributed by atoms with Crippen LogP contribution in [0.3, 0.4) is 0 Å². The van der Waals surface area contributed by atoms with Crippen LogP contribution >= 0.6 is 0 Å². The average molecular weight is 289 g/mol. The lowest BCUT2D eigenvalue weighted by Gasteiger charge is -2.29. The van der Waals surface area contributed by atoms with Crippen LogP contribution < -0.4 is 14.8 Å². The van der Waals surface area contributed by atoms with Gasteiger partial charge in [0.25, 0.3) is 0 Å². The van der Waals surface area contributed by atoms with E-state index in [1.807, 2.05) is 0 Å². The molecule has 3 nitrogen and oxygen atoms in total. The molecule has 21 heavy (non-hydrogen) atoms. The summed E-state index contributed by atoms with van der Waals surface area (Å²) in [7, 11) is 0. The molecule has 0 bridgehead atoms. The average Bonchev–Trinajstić information content (AvgIpc) is 2.90. The summed E-state index contributed by atoms with van der Waals surface area (Å²) in [6.07, 6.45) is 6.72. The first-order chi connectivity index (χ1) is 10.3. The van der Waals surface area contributed by atoms with E-state index in [0.29, 0.717) is 12.1 Å². The molecule has 1 heterocycles. The monoisotopic (exact) mass is 289 g/mol. The zero-order valence-corrected chi connectivity index (χ0v) is 13.2. The van der Waals surface area contributed by atoms with Gasteiger partial charge in [0.1, 0.15) is 18.1 Å². The number of hydrogen-bond acceptors (Lipinski definition) is 3. The van der Waals surface area contributed by atoms with Crippen LogP contribution in [-0.2, 0) is 0 Å². The first-order valence-corrected chi connectivity index (χ1v) is 8.47. The molecule has 1 aromatic carbocycles. The normalized spacial score (nSPS) is 28.0. The molecule has 116 valence electrons. The Morgan fingerprint density at radius 1 is 1.29 bits per heavy atom. The molecule has 3 atom stereocenters. The van der Waals surface area contributed by atoms with Gasteiger partial charge in [-0.15, -0.1) is 0 Å². The molecule has 1 saturated carbocycles. The maximum absolute atomic E-state index is 6.21. The van der Waals surface area contributed by atoms with Gasteiger partial charge in [0.2, 0.25) is 0 Å². The van der Waals surface area contributed by atoms with Crippen molar-refractivity contribution in [1.29, 1.82) is 0 Å². The standard InChI is InChI=1S/C18H27NO2/c1-3-13-6-5-7-14(10-13)21-15-8-9-16-17(19-4-2)12-20-18(16)11-15/h8-9,11,13-14,17,19H,3-7,10,12H2,1-2H3. The maximum Gasteiger partial charge on any atom is 0.128 e. The van der Waals surface area contributed by atoms with Crippen LogP contribution in [0, 0.1) is 5.92 Å². The van der Waals surface area contributed by atoms with E-state index >= 15 is 0 Å². The first kappa shape index (κ1) is 14.7. The second-order valence-corrected chi connectivity index (χ2v) is 6.30. The molecule has 0 amide bonds. The number of nitrogens with one attached hydrogen (secondary N) is 1. The summed E-state index contributed by atoms with van der Waals surface area (Å²) in [5.74, 6) is 2.79. The van der Waals surface area contributed by atoms with E-state index in [1.165, 1.54) is 37.7 Å². The quantitative estimate of drug-likeness (QED) is 0.886. The molecule has 1 N–H and O–H groups in total. The third-order valence-corrected chi connectivity index (χ3v) is 4.83. The minimum absolute atomic E-state index is 0.332. The van der Waals surface area contributed by atoms with E-state index in [-0.39, 0.29) is 0 Å². The number of rotatable bonds is 5. The van der Waals surface area contributed by atoms with Gasteiger partial charge >= 0.3 is 0 Å². The zero-order chi connectivity index (χ0) is 14.7. The van der Waals surface area contributed by atoms with Crippen LogP contribution in [0.1, 0.15) is 57.6 Å². The SMILES string of the molecule is CCNC1COc2cc(OC3CCCC(CC)C3)ccc21. The van der Waals surface area contributed by atoms with E-state index in [9.17, 15) is 0 Å². The largest absolute Gasteiger partial charge is 0.491 e. The van der Waals surface area contributed by atoms with Crippen LogP contribution in [0.15, 0.2) is 18.2 Å². The highest BCUT2D eigenvalue weighted by atomic mass is 16.5. The molecule has 1 aliphatic carbocycles. The summed E-state index contributed by atoms with van der Waals surface area (Å²) in [6, 6.07) is 6.67. The summed E-state index contributed by atoms with van der Waals surface area (Å²) in [4.78, 5) is 0. The topological polar surface area (TPSA) is 30.5 Å². The van der Waals surface area contributed by atoms with Crippen molar-refractivity contribution < 1.29 is 9.47 Å². The molecule has 1 aromatic rings. The van der Waals surface area contributed by atoms with E-state index in [2.05, 4.69) is 37.4 Å². The molecule has 0 saturated heterocycles. The van der Waals surface area contributed by atoms with Gasteiger partial charge in [0, 0.05) is 11.6 Å². The molecule has 2 aliphatic rings. The minimum Gasteiger partial charge on any atom is -0.491 e. The smallest absolute Gasteiger partial charge is 0.128 e. The van der Waals surface area contributed by atoms with Crippen molar-refractivity contribution in [3.63, 3.8) is 0 Å². The van der Waals surface area contributed by atoms with Gasteiger partial charge in [-0.25, -0.2) is 0 Å². The highest BCUT2D eigenvalue weighted by molar-refractivity contribution is 5.45. The molecular formula is C18H27NO2. The van der Waals surface area contributed by atoms with Crippen molar-refractivity contribution in [2.45, 2.75) is 58.1 Å². The molecule has 0 spiro atoms. The highest BCUT2D eigenvalue weighted by Crippen LogP contribution is 2.36. The van der Waals surface area contributed by atoms with Gasteiger partial charge in [0.05, 0.1) is 12.1 Å². The molecule has 3 unspecified atom stereocenters. The van der Waals surface area contributed by atoms with Crippen LogP contribution in [-0.4, -0.2) is 19.3 Å². The lowest BCUT2D eigenvalue weighted by molar-refractivity contribution is 0.122. The third kappa shape index (κ3) is 3.34. The van der Waals surface area contributed by atoms with Crippen LogP contribution in [0.4, 0.5) is 0 Å². The summed E-state index contributed by atoms with van der Waals surface area (Å²) in [5, 5.41) is 3.45. The number of fused-ring (bicyclic) bond motifs is 1. The predicted octanol–water partition coefficient (Wildman–Crippen LogP) is 4.08. The molecular weight excluding hydrogens is 262 g/mol. The van der Waals surface area contributed by atoms with Gasteiger partial charge in [-0.05, 0) is 43.9 Å². The Labute approximate surface area is 128 Å². The second kappa shape index (κ2) is 6.69. The van der Waals surface area contributed by atoms with Gasteiger partial charge in [-0.2, -0.15) is 0 Å². The van der Waals surface area contributed by atoms with Crippen molar-refractivity contribution >= 4 is 0 Å². The number of hydrogen-bond donors (Lipinski definition) is 1. The van der Waals surface area contributed by atoms with E-state index in [0.717, 1.165) is 30.6 Å². The highest BCUT2D eigenvalue weighted by Gasteiger charge is 2.25. The Balaban J connectivity index is 1.65. The number of likely N-dealkylation sites (N-methyl/N-ethyl adjacent to an activating group) is 1. The lowest BCUT2D eigenvalue weighted by atomic mass is 9.85. The summed E-state index contributed by atoms with van der Waals surface area (Å²) < 4.78 is 12.0. The van der Waals surface area contributed by atoms with Crippen molar-refractivity contribution in [2.75, 3.05) is 13.2 Å². The molecule has 1 aliphatic heterocycles. The molecule has 3 heteroatoms. The third-order valence-electron chi connectivity index (χ3n) is 4.83. The zero-order valence-electron chi connectivity index (χ0n) is 13.2. The van der Waals surface area contributed by atoms with Gasteiger partial charge < -0.3 is 14.8 Å². The molecule has 0 aromatic heterocycles. The maximum atomic E-state index is 6.21. The van der Waals surface area contributed by atoms with Crippen molar-refractivity contribution in [3.8, 4) is 11.5 Å². The van der Waals surface area contributed by atoms with E-state index in [1.54, 1.807) is 0 Å². The Hall–Kier alpha value is -1.22. The van der Waals surface area contributed by atoms with Crippen LogP contribution in [0.25, 0.3) is 0 Å². The summed E-state index contributed by atoms with van der Waals surface area (Å²) in [6.45, 7) is 6.11. The Bertz CT molecular complexity index is 474. The minimum atomic E-state index is 0.332. The molecule has 3 rings (SSSR count). The first-order valence-electron chi connectivity index (χ1n) is 8.47. The Kier molecular flexibility index (Phi) is 4.69. The van der Waals surface area contributed by atoms with E-state index < -0.39 is 0 Å². The lowest BCUT2D eigenvalue weighted by Crippen LogP contribution is -2.25. The molecule has 0 radical (unpaired) electrons. The fourth-order valence-electron chi connectivity index (χ4n) is 3.59. The Morgan fingerprint density at radius 2 is 2.19 bits per heavy atom. The van der Waals surface area contributed by atoms with Gasteiger partial charge in [-0.3, -0.25) is 0 Å². The predicted molar refractivity (Wildman–Crippen MR) is 85.0 cm³/mol. The fourth-order valence-corrected chi connectivity index (χ4v) is 3.59. The van der Waals surface area contributed by atoms with Crippen molar-refractivity contribution in [2.24, 2.45) is 5.92 Å². The summed E-state index contributed by atoms with van der Waals surface area (Å²) in [5.41, 5.74) is 1.26. The van der Waals surface area contributed by atoms with E-state index in [4.69, 9.17) is 9.47 Å². The van der Waals surface area contributed by atoms with Crippen molar-refractivity contribution in [3.05, 3.63) is 23.8 Å². The van der Waals surface area contributed by atoms with Crippen molar-refractivity contribution in [1.82, 2.24) is 5.32 Å². The van der Waals surface area contributed by atoms with Gasteiger partial charge in [-0.1, -0.05) is 26.7 Å². The second-order valence-electron chi connectivity index (χ2n) is 6.30. The molecule has 1 fully saturated rings. The van der Waals surface area contributed by atoms with Crippen LogP contribution in [0.2, 0.25) is 0 Å². The van der Waals surface area contributed by atoms with Crippen LogP contribution in [0.5, 0.6) is 11.5 Å². The number of ether oxygens (including phenoxy) is 2.